The van der Waals surface area contributed by atoms with Gasteiger partial charge in [-0.25, -0.2) is 43.9 Å². The summed E-state index contributed by atoms with van der Waals surface area (Å²) in [6.45, 7) is 0. The van der Waals surface area contributed by atoms with E-state index in [1.54, 1.807) is 0 Å². The Balaban J connectivity index is 3.33. The van der Waals surface area contributed by atoms with Crippen molar-refractivity contribution in [2.45, 2.75) is 108 Å². The summed E-state index contributed by atoms with van der Waals surface area (Å²) in [5, 5.41) is 0. The normalized spacial score (nSPS) is 32.7. The average Bonchev–Trinajstić information content (AvgIpc) is 2.91. The minimum Gasteiger partial charge on any atom is -0.204 e. The molecular weight excluding hydrogens is 986 g/mol. The first-order valence-electron chi connectivity index (χ1n) is 13.4. The molecule has 38 heteroatoms. The maximum atomic E-state index is 16.2. The highest BCUT2D eigenvalue weighted by atomic mass is 19.5. The molecule has 0 saturated heterocycles. The Bertz CT molecular complexity index is 1580. The number of alkyl halides is 38. The fraction of sp³-hybridized carbons (Fsp3) is 1.00. The molecule has 0 nitrogen and oxygen atoms in total. The van der Waals surface area contributed by atoms with E-state index in [0.717, 1.165) is 0 Å². The third-order valence-electron chi connectivity index (χ3n) is 10.5. The molecule has 4 bridgehead atoms. The third-order valence-corrected chi connectivity index (χ3v) is 10.5. The van der Waals surface area contributed by atoms with Crippen molar-refractivity contribution in [3.05, 3.63) is 0 Å². The van der Waals surface area contributed by atoms with Crippen LogP contribution < -0.4 is 0 Å². The Labute approximate surface area is 298 Å². The summed E-state index contributed by atoms with van der Waals surface area (Å²) in [4.78, 5) is 0. The van der Waals surface area contributed by atoms with Crippen LogP contribution in [0.4, 0.5) is 167 Å². The molecule has 60 heavy (non-hydrogen) atoms. The van der Waals surface area contributed by atoms with Crippen LogP contribution in [0.15, 0.2) is 0 Å². The molecule has 0 atom stereocenters. The smallest absolute Gasteiger partial charge is 0.204 e. The van der Waals surface area contributed by atoms with E-state index in [4.69, 9.17) is 0 Å². The lowest BCUT2D eigenvalue weighted by atomic mass is 9.24. The number of hydrogen-bond donors (Lipinski definition) is 0. The second kappa shape index (κ2) is 11.2. The molecule has 0 N–H and O–H groups in total. The van der Waals surface area contributed by atoms with E-state index in [2.05, 4.69) is 0 Å². The van der Waals surface area contributed by atoms with Gasteiger partial charge >= 0.3 is 72.1 Å². The van der Waals surface area contributed by atoms with Gasteiger partial charge in [0, 0.05) is 0 Å². The van der Waals surface area contributed by atoms with Crippen molar-refractivity contribution < 1.29 is 167 Å². The Morgan fingerprint density at radius 3 is 0.517 bits per heavy atom. The van der Waals surface area contributed by atoms with Crippen LogP contribution in [0.3, 0.4) is 0 Å². The van der Waals surface area contributed by atoms with Crippen molar-refractivity contribution in [1.82, 2.24) is 0 Å². The molecule has 0 unspecified atom stereocenters. The van der Waals surface area contributed by atoms with Gasteiger partial charge in [-0.3, -0.25) is 0 Å². The summed E-state index contributed by atoms with van der Waals surface area (Å²) in [6, 6.07) is 0. The summed E-state index contributed by atoms with van der Waals surface area (Å²) in [7, 11) is 0. The SMILES string of the molecule is FC(F)(F)C(F)(F)C(F)(F)C12CC3(C(F)(F)C(F)(F)C(F)(F)F)C(F)(F)C(C(F)(F)C(F)(F)C(F)(F)F)(C1(F)F)C(F)(F)C(C(F)(F)C(F)(F)C(F)(F)F)(C2(F)F)C3(F)F. The predicted octanol–water partition coefficient (Wildman–Crippen LogP) is 12.9. The van der Waals surface area contributed by atoms with E-state index < -0.39 is 130 Å². The molecule has 0 amide bonds. The van der Waals surface area contributed by atoms with Gasteiger partial charge in [0.05, 0.1) is 0 Å². The lowest BCUT2D eigenvalue weighted by molar-refractivity contribution is -0.670. The van der Waals surface area contributed by atoms with Crippen LogP contribution in [-0.2, 0) is 0 Å². The first kappa shape index (κ1) is 51.7. The van der Waals surface area contributed by atoms with Gasteiger partial charge < -0.3 is 0 Å². The zero-order valence-corrected chi connectivity index (χ0v) is 25.6. The van der Waals surface area contributed by atoms with Crippen LogP contribution in [0.5, 0.6) is 0 Å². The molecule has 356 valence electrons. The zero-order chi connectivity index (χ0) is 49.2. The zero-order valence-electron chi connectivity index (χ0n) is 25.6. The van der Waals surface area contributed by atoms with E-state index in [0.29, 0.717) is 0 Å². The molecule has 0 aromatic rings. The highest BCUT2D eigenvalue weighted by molar-refractivity contribution is 5.52. The first-order chi connectivity index (χ1) is 25.2. The molecule has 4 aliphatic carbocycles. The highest BCUT2D eigenvalue weighted by Gasteiger charge is 3.26. The molecule has 4 aliphatic rings. The van der Waals surface area contributed by atoms with Crippen molar-refractivity contribution in [2.75, 3.05) is 0 Å². The van der Waals surface area contributed by atoms with Crippen LogP contribution in [0, 0.1) is 21.7 Å². The minimum absolute atomic E-state index is 7.29. The molecular formula is C22H2F38. The van der Waals surface area contributed by atoms with E-state index in [1.165, 1.54) is 0 Å². The van der Waals surface area contributed by atoms with E-state index in [9.17, 15) is 87.8 Å². The molecule has 4 rings (SSSR count). The second-order valence-electron chi connectivity index (χ2n) is 12.9. The van der Waals surface area contributed by atoms with E-state index in [1.807, 2.05) is 0 Å². The Morgan fingerprint density at radius 1 is 0.217 bits per heavy atom. The van der Waals surface area contributed by atoms with Crippen LogP contribution in [-0.4, -0.2) is 102 Å². The van der Waals surface area contributed by atoms with Crippen LogP contribution in [0.25, 0.3) is 0 Å². The van der Waals surface area contributed by atoms with Gasteiger partial charge in [-0.2, -0.15) is 123 Å². The highest BCUT2D eigenvalue weighted by Crippen LogP contribution is 3.01. The summed E-state index contributed by atoms with van der Waals surface area (Å²) in [5.41, 5.74) is -44.1. The van der Waals surface area contributed by atoms with Gasteiger partial charge in [-0.15, -0.1) is 0 Å². The standard InChI is InChI=1S/C22H2F38/c23-6(24)2(10(31,32)15(41,42)19(49,50)51)1-3(11(33,34)16(43,44)20(52,53)54)8(27,28)4(6,13(37,38)17(45,46)21(55,56)57)12(35,36)5(7(2,25)26,9(3,29)30)14(39,40)18(47,48)22(58,59)60/h1H2. The predicted molar refractivity (Wildman–Crippen MR) is 103 cm³/mol. The van der Waals surface area contributed by atoms with Crippen molar-refractivity contribution >= 4 is 0 Å². The number of hydrogen-bond acceptors (Lipinski definition) is 0. The Morgan fingerprint density at radius 2 is 0.367 bits per heavy atom. The topological polar surface area (TPSA) is 0 Å². The van der Waals surface area contributed by atoms with Crippen molar-refractivity contribution in [3.63, 3.8) is 0 Å². The number of rotatable bonds is 8. The summed E-state index contributed by atoms with van der Waals surface area (Å²) >= 11 is 0. The van der Waals surface area contributed by atoms with Crippen LogP contribution in [0.2, 0.25) is 0 Å². The molecule has 4 fully saturated rings. The lowest BCUT2D eigenvalue weighted by Gasteiger charge is -2.82. The fourth-order valence-electron chi connectivity index (χ4n) is 7.89. The molecule has 0 heterocycles. The van der Waals surface area contributed by atoms with E-state index >= 15 is 79.0 Å². The van der Waals surface area contributed by atoms with Gasteiger partial charge in [-0.1, -0.05) is 0 Å². The monoisotopic (exact) mass is 988 g/mol. The minimum atomic E-state index is -11.5. The maximum absolute atomic E-state index is 16.2. The largest absolute Gasteiger partial charge is 0.459 e. The second-order valence-corrected chi connectivity index (χ2v) is 12.9. The first-order valence-corrected chi connectivity index (χ1v) is 13.4. The molecule has 0 spiro atoms. The quantitative estimate of drug-likeness (QED) is 0.213. The number of halogens is 38. The Hall–Kier alpha value is -2.66. The maximum Gasteiger partial charge on any atom is 0.459 e. The van der Waals surface area contributed by atoms with Gasteiger partial charge in [-0.05, 0) is 6.42 Å². The Kier molecular flexibility index (Phi) is 9.61. The lowest BCUT2D eigenvalue weighted by Crippen LogP contribution is -3.07. The molecule has 0 radical (unpaired) electrons. The van der Waals surface area contributed by atoms with Crippen LogP contribution in [0.1, 0.15) is 6.42 Å². The van der Waals surface area contributed by atoms with Gasteiger partial charge in [0.15, 0.2) is 10.8 Å². The van der Waals surface area contributed by atoms with Gasteiger partial charge in [0.25, 0.3) is 29.6 Å². The molecule has 0 aliphatic heterocycles. The molecule has 0 aromatic heterocycles. The fourth-order valence-corrected chi connectivity index (χ4v) is 7.89. The summed E-state index contributed by atoms with van der Waals surface area (Å²) < 4.78 is 559. The van der Waals surface area contributed by atoms with Gasteiger partial charge in [0.1, 0.15) is 0 Å². The molecule has 0 aromatic carbocycles. The van der Waals surface area contributed by atoms with Crippen LogP contribution >= 0.6 is 0 Å². The van der Waals surface area contributed by atoms with Gasteiger partial charge in [0.2, 0.25) is 10.8 Å². The average molecular weight is 988 g/mol. The van der Waals surface area contributed by atoms with Crippen molar-refractivity contribution in [3.8, 4) is 0 Å². The summed E-state index contributed by atoms with van der Waals surface area (Å²) in [5.74, 6) is -139. The summed E-state index contributed by atoms with van der Waals surface area (Å²) in [6.07, 6.45) is -44.8. The van der Waals surface area contributed by atoms with Crippen molar-refractivity contribution in [1.29, 1.82) is 0 Å². The van der Waals surface area contributed by atoms with E-state index in [-0.39, 0.29) is 0 Å². The van der Waals surface area contributed by atoms with Crippen molar-refractivity contribution in [2.24, 2.45) is 21.7 Å². The third kappa shape index (κ3) is 4.03. The molecule has 4 saturated carbocycles.